The lowest BCUT2D eigenvalue weighted by Crippen LogP contribution is -2.31. The van der Waals surface area contributed by atoms with Gasteiger partial charge in [0.15, 0.2) is 0 Å². The van der Waals surface area contributed by atoms with Crippen molar-refractivity contribution >= 4 is 18.0 Å². The summed E-state index contributed by atoms with van der Waals surface area (Å²) in [6.45, 7) is 0. The van der Waals surface area contributed by atoms with Crippen LogP contribution < -0.4 is 4.72 Å². The van der Waals surface area contributed by atoms with Gasteiger partial charge in [-0.2, -0.15) is 0 Å². The first kappa shape index (κ1) is 16.9. The Labute approximate surface area is 150 Å². The third-order valence-corrected chi connectivity index (χ3v) is 5.22. The van der Waals surface area contributed by atoms with Crippen LogP contribution in [0.3, 0.4) is 0 Å². The van der Waals surface area contributed by atoms with Crippen molar-refractivity contribution in [1.82, 2.24) is 4.72 Å². The maximum absolute atomic E-state index is 11.2. The van der Waals surface area contributed by atoms with E-state index in [4.69, 9.17) is 0 Å². The van der Waals surface area contributed by atoms with Crippen LogP contribution in [-0.4, -0.2) is 16.3 Å². The molecule has 0 fully saturated rings. The number of rotatable bonds is 5. The summed E-state index contributed by atoms with van der Waals surface area (Å²) in [7, 11) is 0. The standard InChI is InChI=1S/C20H17NO3S/c22-18-13-11-17(12-14-18)20(25-21-19(23)24,15-7-3-1-4-8-15)16-9-5-2-6-10-16/h1-14,21-22H,(H,23,24). The molecule has 0 saturated carbocycles. The van der Waals surface area contributed by atoms with Crippen LogP contribution in [0.4, 0.5) is 4.79 Å². The molecule has 5 heteroatoms. The number of aromatic hydroxyl groups is 1. The highest BCUT2D eigenvalue weighted by molar-refractivity contribution is 7.99. The van der Waals surface area contributed by atoms with Gasteiger partial charge in [0.05, 0.1) is 0 Å². The van der Waals surface area contributed by atoms with E-state index in [0.29, 0.717) is 0 Å². The fourth-order valence-corrected chi connectivity index (χ4v) is 3.84. The Morgan fingerprint density at radius 3 is 1.64 bits per heavy atom. The second-order valence-electron chi connectivity index (χ2n) is 5.47. The quantitative estimate of drug-likeness (QED) is 0.464. The predicted molar refractivity (Wildman–Crippen MR) is 99.6 cm³/mol. The zero-order valence-corrected chi connectivity index (χ0v) is 14.1. The molecule has 1 amide bonds. The monoisotopic (exact) mass is 351 g/mol. The summed E-state index contributed by atoms with van der Waals surface area (Å²) >= 11 is 1.11. The molecule has 3 aromatic rings. The average Bonchev–Trinajstić information content (AvgIpc) is 2.65. The van der Waals surface area contributed by atoms with Crippen LogP contribution in [0.5, 0.6) is 5.75 Å². The largest absolute Gasteiger partial charge is 0.508 e. The molecular weight excluding hydrogens is 334 g/mol. The maximum atomic E-state index is 11.2. The van der Waals surface area contributed by atoms with E-state index in [-0.39, 0.29) is 5.75 Å². The summed E-state index contributed by atoms with van der Waals surface area (Å²) in [5, 5.41) is 18.9. The van der Waals surface area contributed by atoms with Gasteiger partial charge in [0.25, 0.3) is 0 Å². The Morgan fingerprint density at radius 1 is 0.760 bits per heavy atom. The minimum absolute atomic E-state index is 0.162. The zero-order chi connectivity index (χ0) is 17.7. The smallest absolute Gasteiger partial charge is 0.414 e. The molecule has 0 spiro atoms. The SMILES string of the molecule is O=C(O)NSC(c1ccccc1)(c1ccccc1)c1ccc(O)cc1. The molecule has 0 radical (unpaired) electrons. The Bertz CT molecular complexity index is 796. The summed E-state index contributed by atoms with van der Waals surface area (Å²) < 4.78 is 1.68. The third-order valence-electron chi connectivity index (χ3n) is 3.93. The van der Waals surface area contributed by atoms with E-state index in [0.717, 1.165) is 28.6 Å². The topological polar surface area (TPSA) is 69.6 Å². The lowest BCUT2D eigenvalue weighted by molar-refractivity contribution is 0.201. The van der Waals surface area contributed by atoms with E-state index in [9.17, 15) is 15.0 Å². The first-order valence-electron chi connectivity index (χ1n) is 7.70. The van der Waals surface area contributed by atoms with Crippen LogP contribution in [-0.2, 0) is 4.75 Å². The van der Waals surface area contributed by atoms with Crippen molar-refractivity contribution in [3.05, 3.63) is 102 Å². The molecule has 3 rings (SSSR count). The first-order chi connectivity index (χ1) is 12.1. The van der Waals surface area contributed by atoms with Crippen LogP contribution in [0.2, 0.25) is 0 Å². The number of carboxylic acid groups (broad SMARTS) is 1. The van der Waals surface area contributed by atoms with Gasteiger partial charge >= 0.3 is 6.09 Å². The van der Waals surface area contributed by atoms with Crippen molar-refractivity contribution < 1.29 is 15.0 Å². The van der Waals surface area contributed by atoms with Gasteiger partial charge in [0.2, 0.25) is 0 Å². The number of hydrogen-bond acceptors (Lipinski definition) is 3. The summed E-state index contributed by atoms with van der Waals surface area (Å²) in [5.41, 5.74) is 2.73. The van der Waals surface area contributed by atoms with Gasteiger partial charge in [-0.3, -0.25) is 4.72 Å². The van der Waals surface area contributed by atoms with Gasteiger partial charge in [-0.15, -0.1) is 0 Å². The average molecular weight is 351 g/mol. The maximum Gasteiger partial charge on any atom is 0.414 e. The molecule has 0 unspecified atom stereocenters. The highest BCUT2D eigenvalue weighted by Crippen LogP contribution is 2.47. The highest BCUT2D eigenvalue weighted by atomic mass is 32.2. The molecule has 0 saturated heterocycles. The van der Waals surface area contributed by atoms with E-state index >= 15 is 0 Å². The molecule has 0 aliphatic carbocycles. The predicted octanol–water partition coefficient (Wildman–Crippen LogP) is 4.60. The van der Waals surface area contributed by atoms with Crippen LogP contribution in [0, 0.1) is 0 Å². The van der Waals surface area contributed by atoms with E-state index < -0.39 is 10.8 Å². The van der Waals surface area contributed by atoms with Crippen LogP contribution in [0.25, 0.3) is 0 Å². The number of phenolic OH excluding ortho intramolecular Hbond substituents is 1. The van der Waals surface area contributed by atoms with Crippen LogP contribution in [0.15, 0.2) is 84.9 Å². The molecule has 0 aliphatic heterocycles. The van der Waals surface area contributed by atoms with Crippen molar-refractivity contribution in [1.29, 1.82) is 0 Å². The summed E-state index contributed by atoms with van der Waals surface area (Å²) in [5.74, 6) is 0.162. The number of nitrogens with one attached hydrogen (secondary N) is 1. The lowest BCUT2D eigenvalue weighted by Gasteiger charge is -2.34. The molecule has 0 heterocycles. The second kappa shape index (κ2) is 7.32. The molecule has 4 nitrogen and oxygen atoms in total. The molecule has 3 aromatic carbocycles. The van der Waals surface area contributed by atoms with Gasteiger partial charge in [-0.25, -0.2) is 4.79 Å². The molecule has 25 heavy (non-hydrogen) atoms. The molecule has 0 aliphatic rings. The number of carbonyl (C=O) groups is 1. The van der Waals surface area contributed by atoms with Crippen molar-refractivity contribution in [3.63, 3.8) is 0 Å². The second-order valence-corrected chi connectivity index (χ2v) is 6.49. The van der Waals surface area contributed by atoms with E-state index in [1.165, 1.54) is 0 Å². The zero-order valence-electron chi connectivity index (χ0n) is 13.3. The summed E-state index contributed by atoms with van der Waals surface area (Å²) in [4.78, 5) is 11.2. The minimum atomic E-state index is -1.11. The van der Waals surface area contributed by atoms with Crippen molar-refractivity contribution in [2.75, 3.05) is 0 Å². The van der Waals surface area contributed by atoms with Crippen molar-refractivity contribution in [3.8, 4) is 5.75 Å². The van der Waals surface area contributed by atoms with Gasteiger partial charge in [-0.05, 0) is 40.8 Å². The number of hydrogen-bond donors (Lipinski definition) is 3. The van der Waals surface area contributed by atoms with Gasteiger partial charge < -0.3 is 10.2 Å². The Kier molecular flexibility index (Phi) is 4.95. The van der Waals surface area contributed by atoms with Crippen LogP contribution >= 0.6 is 11.9 Å². The van der Waals surface area contributed by atoms with Crippen molar-refractivity contribution in [2.24, 2.45) is 0 Å². The van der Waals surface area contributed by atoms with Gasteiger partial charge in [0.1, 0.15) is 10.5 Å². The van der Waals surface area contributed by atoms with E-state index in [2.05, 4.69) is 4.72 Å². The Hall–Kier alpha value is -2.92. The molecule has 0 atom stereocenters. The normalized spacial score (nSPS) is 11.0. The number of benzene rings is 3. The van der Waals surface area contributed by atoms with Gasteiger partial charge in [-0.1, -0.05) is 72.8 Å². The fraction of sp³-hybridized carbons (Fsp3) is 0.0500. The fourth-order valence-electron chi connectivity index (χ4n) is 2.84. The first-order valence-corrected chi connectivity index (χ1v) is 8.52. The molecule has 3 N–H and O–H groups in total. The number of amides is 1. The molecular formula is C20H17NO3S. The summed E-state index contributed by atoms with van der Waals surface area (Å²) in [6, 6.07) is 26.3. The highest BCUT2D eigenvalue weighted by Gasteiger charge is 2.38. The van der Waals surface area contributed by atoms with Gasteiger partial charge in [0, 0.05) is 0 Å². The lowest BCUT2D eigenvalue weighted by atomic mass is 9.84. The minimum Gasteiger partial charge on any atom is -0.508 e. The summed E-state index contributed by atoms with van der Waals surface area (Å²) in [6.07, 6.45) is -1.11. The van der Waals surface area contributed by atoms with E-state index in [1.807, 2.05) is 72.8 Å². The molecule has 0 bridgehead atoms. The third kappa shape index (κ3) is 3.46. The Balaban J connectivity index is 2.26. The molecule has 0 aromatic heterocycles. The molecule has 126 valence electrons. The van der Waals surface area contributed by atoms with Crippen molar-refractivity contribution in [2.45, 2.75) is 4.75 Å². The van der Waals surface area contributed by atoms with E-state index in [1.54, 1.807) is 12.1 Å². The Morgan fingerprint density at radius 2 is 1.20 bits per heavy atom. The number of phenols is 1. The van der Waals surface area contributed by atoms with Crippen LogP contribution in [0.1, 0.15) is 16.7 Å².